The van der Waals surface area contributed by atoms with Gasteiger partial charge in [-0.1, -0.05) is 30.3 Å². The monoisotopic (exact) mass is 441 g/mol. The second-order valence-corrected chi connectivity index (χ2v) is 7.72. The van der Waals surface area contributed by atoms with Crippen LogP contribution in [0.5, 0.6) is 5.75 Å². The zero-order valence-corrected chi connectivity index (χ0v) is 19.1. The van der Waals surface area contributed by atoms with Gasteiger partial charge in [-0.2, -0.15) is 0 Å². The van der Waals surface area contributed by atoms with Gasteiger partial charge in [0.1, 0.15) is 5.75 Å². The molecule has 32 heavy (non-hydrogen) atoms. The number of anilines is 1. The Morgan fingerprint density at radius 2 is 1.88 bits per heavy atom. The Morgan fingerprint density at radius 3 is 2.69 bits per heavy atom. The van der Waals surface area contributed by atoms with E-state index < -0.39 is 0 Å². The summed E-state index contributed by atoms with van der Waals surface area (Å²) in [6, 6.07) is 16.3. The van der Waals surface area contributed by atoms with Gasteiger partial charge in [-0.25, -0.2) is 0 Å². The molecule has 3 rings (SSSR count). The SMILES string of the molecule is CN=C(NCc1cccc(COC2CCOCC2)c1)Nc1cccc(OCCCOC)c1. The fourth-order valence-corrected chi connectivity index (χ4v) is 3.44. The molecule has 1 saturated heterocycles. The lowest BCUT2D eigenvalue weighted by Crippen LogP contribution is -2.30. The van der Waals surface area contributed by atoms with E-state index in [4.69, 9.17) is 18.9 Å². The van der Waals surface area contributed by atoms with Crippen molar-refractivity contribution < 1.29 is 18.9 Å². The zero-order valence-electron chi connectivity index (χ0n) is 19.1. The molecule has 0 amide bonds. The van der Waals surface area contributed by atoms with Gasteiger partial charge in [0.2, 0.25) is 0 Å². The average Bonchev–Trinajstić information content (AvgIpc) is 2.84. The van der Waals surface area contributed by atoms with Crippen LogP contribution in [0.3, 0.4) is 0 Å². The summed E-state index contributed by atoms with van der Waals surface area (Å²) in [5.41, 5.74) is 3.27. The molecule has 0 saturated carbocycles. The molecule has 1 aliphatic rings. The minimum absolute atomic E-state index is 0.299. The Labute approximate surface area is 191 Å². The van der Waals surface area contributed by atoms with Crippen molar-refractivity contribution in [3.8, 4) is 5.75 Å². The van der Waals surface area contributed by atoms with Crippen molar-refractivity contribution >= 4 is 11.6 Å². The van der Waals surface area contributed by atoms with Crippen LogP contribution in [0.1, 0.15) is 30.4 Å². The summed E-state index contributed by atoms with van der Waals surface area (Å²) in [6.07, 6.45) is 3.11. The molecule has 0 unspecified atom stereocenters. The fraction of sp³-hybridized carbons (Fsp3) is 0.480. The third-order valence-corrected chi connectivity index (χ3v) is 5.19. The van der Waals surface area contributed by atoms with Crippen LogP contribution < -0.4 is 15.4 Å². The minimum atomic E-state index is 0.299. The van der Waals surface area contributed by atoms with Crippen molar-refractivity contribution in [1.82, 2.24) is 5.32 Å². The molecule has 1 heterocycles. The van der Waals surface area contributed by atoms with E-state index in [2.05, 4.69) is 39.9 Å². The van der Waals surface area contributed by atoms with Crippen molar-refractivity contribution in [3.05, 3.63) is 59.7 Å². The third kappa shape index (κ3) is 8.49. The predicted octanol–water partition coefficient (Wildman–Crippen LogP) is 3.99. The van der Waals surface area contributed by atoms with E-state index in [0.717, 1.165) is 43.9 Å². The van der Waals surface area contributed by atoms with E-state index in [0.29, 0.717) is 38.4 Å². The lowest BCUT2D eigenvalue weighted by atomic mass is 10.1. The van der Waals surface area contributed by atoms with E-state index in [-0.39, 0.29) is 0 Å². The van der Waals surface area contributed by atoms with Gasteiger partial charge in [0.15, 0.2) is 5.96 Å². The van der Waals surface area contributed by atoms with Gasteiger partial charge < -0.3 is 29.6 Å². The quantitative estimate of drug-likeness (QED) is 0.312. The van der Waals surface area contributed by atoms with Crippen LogP contribution in [-0.4, -0.2) is 52.6 Å². The molecule has 7 heteroatoms. The van der Waals surface area contributed by atoms with Gasteiger partial charge in [-0.15, -0.1) is 0 Å². The molecule has 0 aromatic heterocycles. The predicted molar refractivity (Wildman–Crippen MR) is 127 cm³/mol. The number of guanidine groups is 1. The average molecular weight is 442 g/mol. The summed E-state index contributed by atoms with van der Waals surface area (Å²) in [6.45, 7) is 4.20. The van der Waals surface area contributed by atoms with Gasteiger partial charge >= 0.3 is 0 Å². The van der Waals surface area contributed by atoms with Crippen LogP contribution in [0, 0.1) is 0 Å². The van der Waals surface area contributed by atoms with Gasteiger partial charge in [-0.3, -0.25) is 4.99 Å². The molecule has 1 aliphatic heterocycles. The maximum absolute atomic E-state index is 6.05. The molecule has 7 nitrogen and oxygen atoms in total. The van der Waals surface area contributed by atoms with Gasteiger partial charge in [0, 0.05) is 58.7 Å². The number of benzene rings is 2. The number of hydrogen-bond acceptors (Lipinski definition) is 5. The Kier molecular flexibility index (Phi) is 10.3. The minimum Gasteiger partial charge on any atom is -0.493 e. The number of ether oxygens (including phenoxy) is 4. The first-order valence-electron chi connectivity index (χ1n) is 11.2. The number of rotatable bonds is 11. The Morgan fingerprint density at radius 1 is 1.06 bits per heavy atom. The highest BCUT2D eigenvalue weighted by Crippen LogP contribution is 2.18. The smallest absolute Gasteiger partial charge is 0.195 e. The fourth-order valence-electron chi connectivity index (χ4n) is 3.44. The van der Waals surface area contributed by atoms with E-state index in [1.807, 2.05) is 24.3 Å². The Balaban J connectivity index is 1.47. The Hall–Kier alpha value is -2.61. The number of hydrogen-bond donors (Lipinski definition) is 2. The first-order chi connectivity index (χ1) is 15.8. The van der Waals surface area contributed by atoms with Gasteiger partial charge in [0.05, 0.1) is 19.3 Å². The molecule has 0 aliphatic carbocycles. The molecule has 0 spiro atoms. The second kappa shape index (κ2) is 13.7. The number of aliphatic imine (C=N–C) groups is 1. The largest absolute Gasteiger partial charge is 0.493 e. The summed E-state index contributed by atoms with van der Waals surface area (Å²) < 4.78 is 22.3. The van der Waals surface area contributed by atoms with Crippen LogP contribution in [0.15, 0.2) is 53.5 Å². The van der Waals surface area contributed by atoms with E-state index >= 15 is 0 Å². The third-order valence-electron chi connectivity index (χ3n) is 5.19. The molecule has 1 fully saturated rings. The first-order valence-corrected chi connectivity index (χ1v) is 11.2. The highest BCUT2D eigenvalue weighted by molar-refractivity contribution is 5.93. The van der Waals surface area contributed by atoms with Crippen molar-refractivity contribution in [2.75, 3.05) is 45.9 Å². The number of methoxy groups -OCH3 is 1. The highest BCUT2D eigenvalue weighted by atomic mass is 16.5. The molecular formula is C25H35N3O4. The molecule has 0 atom stereocenters. The Bertz CT molecular complexity index is 837. The zero-order chi connectivity index (χ0) is 22.4. The van der Waals surface area contributed by atoms with E-state index in [1.54, 1.807) is 14.2 Å². The molecule has 174 valence electrons. The second-order valence-electron chi connectivity index (χ2n) is 7.72. The van der Waals surface area contributed by atoms with Gasteiger partial charge in [-0.05, 0) is 36.1 Å². The van der Waals surface area contributed by atoms with Crippen LogP contribution in [0.4, 0.5) is 5.69 Å². The van der Waals surface area contributed by atoms with Crippen LogP contribution in [-0.2, 0) is 27.4 Å². The molecule has 2 N–H and O–H groups in total. The van der Waals surface area contributed by atoms with Crippen LogP contribution >= 0.6 is 0 Å². The first kappa shape index (κ1) is 24.0. The van der Waals surface area contributed by atoms with Crippen molar-refractivity contribution in [3.63, 3.8) is 0 Å². The summed E-state index contributed by atoms with van der Waals surface area (Å²) in [7, 11) is 3.46. The lowest BCUT2D eigenvalue weighted by Gasteiger charge is -2.22. The summed E-state index contributed by atoms with van der Waals surface area (Å²) in [4.78, 5) is 4.34. The van der Waals surface area contributed by atoms with E-state index in [9.17, 15) is 0 Å². The highest BCUT2D eigenvalue weighted by Gasteiger charge is 2.14. The van der Waals surface area contributed by atoms with Crippen LogP contribution in [0.2, 0.25) is 0 Å². The summed E-state index contributed by atoms with van der Waals surface area (Å²) in [5, 5.41) is 6.69. The molecular weight excluding hydrogens is 406 g/mol. The maximum Gasteiger partial charge on any atom is 0.195 e. The van der Waals surface area contributed by atoms with Gasteiger partial charge in [0.25, 0.3) is 0 Å². The standard InChI is InChI=1S/C25H35N3O4/c1-26-25(28-22-8-4-9-24(17-22)31-13-5-12-29-2)27-18-20-6-3-7-21(16-20)19-32-23-10-14-30-15-11-23/h3-4,6-9,16-17,23H,5,10-15,18-19H2,1-2H3,(H2,26,27,28). The summed E-state index contributed by atoms with van der Waals surface area (Å²) in [5.74, 6) is 1.52. The maximum atomic E-state index is 6.05. The number of nitrogens with zero attached hydrogens (tertiary/aromatic N) is 1. The molecule has 2 aromatic carbocycles. The van der Waals surface area contributed by atoms with Crippen molar-refractivity contribution in [1.29, 1.82) is 0 Å². The summed E-state index contributed by atoms with van der Waals surface area (Å²) >= 11 is 0. The molecule has 0 bridgehead atoms. The van der Waals surface area contributed by atoms with E-state index in [1.165, 1.54) is 11.1 Å². The normalized spacial score (nSPS) is 14.9. The van der Waals surface area contributed by atoms with Crippen LogP contribution in [0.25, 0.3) is 0 Å². The lowest BCUT2D eigenvalue weighted by molar-refractivity contribution is -0.0390. The number of nitrogens with one attached hydrogen (secondary N) is 2. The van der Waals surface area contributed by atoms with Crippen molar-refractivity contribution in [2.24, 2.45) is 4.99 Å². The molecule has 2 aromatic rings. The molecule has 0 radical (unpaired) electrons. The van der Waals surface area contributed by atoms with Crippen molar-refractivity contribution in [2.45, 2.75) is 38.5 Å². The topological polar surface area (TPSA) is 73.3 Å².